The van der Waals surface area contributed by atoms with E-state index in [2.05, 4.69) is 11.9 Å². The predicted octanol–water partition coefficient (Wildman–Crippen LogP) is -0.0788. The Hall–Kier alpha value is -0.570. The van der Waals surface area contributed by atoms with Gasteiger partial charge in [-0.1, -0.05) is 0 Å². The Bertz CT molecular complexity index is 171. The van der Waals surface area contributed by atoms with Crippen molar-refractivity contribution in [3.8, 4) is 0 Å². The number of carbonyl (C=O) groups excluding carboxylic acids is 1. The van der Waals surface area contributed by atoms with Gasteiger partial charge < -0.3 is 4.90 Å². The summed E-state index contributed by atoms with van der Waals surface area (Å²) in [4.78, 5) is 14.9. The number of fused-ring (bicyclic) bond motifs is 1. The zero-order valence-corrected chi connectivity index (χ0v) is 6.86. The maximum Gasteiger partial charge on any atom is 0.210 e. The summed E-state index contributed by atoms with van der Waals surface area (Å²) in [6, 6.07) is 1.19. The summed E-state index contributed by atoms with van der Waals surface area (Å²) in [5.74, 6) is 0. The van der Waals surface area contributed by atoms with Gasteiger partial charge in [-0.2, -0.15) is 0 Å². The molecule has 2 aliphatic rings. The van der Waals surface area contributed by atoms with E-state index in [9.17, 15) is 4.79 Å². The van der Waals surface area contributed by atoms with Crippen molar-refractivity contribution in [2.24, 2.45) is 0 Å². The number of carbonyl (C=O) groups is 1. The summed E-state index contributed by atoms with van der Waals surface area (Å²) >= 11 is 0. The maximum atomic E-state index is 10.6. The quantitative estimate of drug-likeness (QED) is 0.493. The van der Waals surface area contributed by atoms with Crippen LogP contribution in [0.2, 0.25) is 0 Å². The molecule has 1 saturated heterocycles. The van der Waals surface area contributed by atoms with Crippen molar-refractivity contribution < 1.29 is 4.79 Å². The zero-order chi connectivity index (χ0) is 7.84. The first-order valence-electron chi connectivity index (χ1n) is 4.24. The molecule has 0 bridgehead atoms. The highest BCUT2D eigenvalue weighted by atomic mass is 16.1. The van der Waals surface area contributed by atoms with Crippen molar-refractivity contribution in [1.29, 1.82) is 0 Å². The van der Waals surface area contributed by atoms with E-state index in [1.54, 1.807) is 0 Å². The number of amides is 1. The number of piperazine rings is 1. The van der Waals surface area contributed by atoms with Crippen LogP contribution in [0.3, 0.4) is 0 Å². The molecule has 1 heterocycles. The van der Waals surface area contributed by atoms with Gasteiger partial charge in [-0.05, 0) is 19.9 Å². The summed E-state index contributed by atoms with van der Waals surface area (Å²) in [6.45, 7) is 1.96. The molecular formula is C8H14N2O. The molecule has 3 heteroatoms. The van der Waals surface area contributed by atoms with Crippen LogP contribution in [0, 0.1) is 0 Å². The maximum absolute atomic E-state index is 10.6. The summed E-state index contributed by atoms with van der Waals surface area (Å²) in [6.07, 6.45) is 3.48. The van der Waals surface area contributed by atoms with Crippen LogP contribution in [0.25, 0.3) is 0 Å². The van der Waals surface area contributed by atoms with E-state index in [1.807, 2.05) is 4.90 Å². The predicted molar refractivity (Wildman–Crippen MR) is 42.2 cm³/mol. The molecule has 2 fully saturated rings. The normalized spacial score (nSPS) is 37.7. The van der Waals surface area contributed by atoms with E-state index in [0.29, 0.717) is 12.1 Å². The van der Waals surface area contributed by atoms with Gasteiger partial charge in [0.1, 0.15) is 0 Å². The topological polar surface area (TPSA) is 23.6 Å². The van der Waals surface area contributed by atoms with E-state index in [-0.39, 0.29) is 0 Å². The number of hydrogen-bond acceptors (Lipinski definition) is 2. The summed E-state index contributed by atoms with van der Waals surface area (Å²) < 4.78 is 0. The molecule has 0 aromatic heterocycles. The molecule has 1 amide bonds. The molecule has 3 nitrogen and oxygen atoms in total. The first-order valence-corrected chi connectivity index (χ1v) is 4.24. The lowest BCUT2D eigenvalue weighted by atomic mass is 9.82. The Kier molecular flexibility index (Phi) is 1.60. The summed E-state index contributed by atoms with van der Waals surface area (Å²) in [7, 11) is 2.15. The Morgan fingerprint density at radius 2 is 2.00 bits per heavy atom. The van der Waals surface area contributed by atoms with Gasteiger partial charge in [-0.15, -0.1) is 0 Å². The standard InChI is InChI=1S/C8H14N2O/c1-9-4-5-10(6-11)8-3-2-7(8)9/h6-8H,2-5H2,1H3. The smallest absolute Gasteiger partial charge is 0.210 e. The lowest BCUT2D eigenvalue weighted by molar-refractivity contribution is -0.128. The minimum absolute atomic E-state index is 0.534. The van der Waals surface area contributed by atoms with Crippen LogP contribution >= 0.6 is 0 Å². The van der Waals surface area contributed by atoms with Crippen molar-refractivity contribution in [2.45, 2.75) is 24.9 Å². The molecular weight excluding hydrogens is 140 g/mol. The third kappa shape index (κ3) is 0.948. The third-order valence-corrected chi connectivity index (χ3v) is 3.04. The van der Waals surface area contributed by atoms with Gasteiger partial charge in [0, 0.05) is 25.2 Å². The highest BCUT2D eigenvalue weighted by Crippen LogP contribution is 2.31. The van der Waals surface area contributed by atoms with Gasteiger partial charge in [0.2, 0.25) is 6.41 Å². The fourth-order valence-corrected chi connectivity index (χ4v) is 2.10. The van der Waals surface area contributed by atoms with E-state index >= 15 is 0 Å². The van der Waals surface area contributed by atoms with Crippen LogP contribution in [0.15, 0.2) is 0 Å². The second kappa shape index (κ2) is 2.48. The second-order valence-corrected chi connectivity index (χ2v) is 3.54. The lowest BCUT2D eigenvalue weighted by Gasteiger charge is -2.51. The van der Waals surface area contributed by atoms with Crippen LogP contribution in [0.4, 0.5) is 0 Å². The molecule has 2 unspecified atom stereocenters. The Morgan fingerprint density at radius 3 is 2.55 bits per heavy atom. The molecule has 1 aliphatic heterocycles. The number of rotatable bonds is 1. The molecule has 2 atom stereocenters. The molecule has 0 spiro atoms. The molecule has 1 aliphatic carbocycles. The lowest BCUT2D eigenvalue weighted by Crippen LogP contribution is -2.63. The van der Waals surface area contributed by atoms with Crippen molar-refractivity contribution in [3.05, 3.63) is 0 Å². The van der Waals surface area contributed by atoms with E-state index < -0.39 is 0 Å². The Balaban J connectivity index is 2.04. The SMILES string of the molecule is CN1CCN(C=O)C2CCC21. The molecule has 62 valence electrons. The number of likely N-dealkylation sites (N-methyl/N-ethyl adjacent to an activating group) is 1. The van der Waals surface area contributed by atoms with Crippen molar-refractivity contribution in [1.82, 2.24) is 9.80 Å². The highest BCUT2D eigenvalue weighted by Gasteiger charge is 2.40. The van der Waals surface area contributed by atoms with Gasteiger partial charge in [-0.3, -0.25) is 9.69 Å². The second-order valence-electron chi connectivity index (χ2n) is 3.54. The van der Waals surface area contributed by atoms with Crippen LogP contribution in [0.5, 0.6) is 0 Å². The zero-order valence-electron chi connectivity index (χ0n) is 6.86. The average molecular weight is 154 g/mol. The van der Waals surface area contributed by atoms with Gasteiger partial charge in [0.15, 0.2) is 0 Å². The summed E-state index contributed by atoms with van der Waals surface area (Å²) in [5.41, 5.74) is 0. The van der Waals surface area contributed by atoms with E-state index in [4.69, 9.17) is 0 Å². The molecule has 0 N–H and O–H groups in total. The van der Waals surface area contributed by atoms with Gasteiger partial charge in [0.25, 0.3) is 0 Å². The minimum atomic E-state index is 0.534. The van der Waals surface area contributed by atoms with Crippen LogP contribution in [0.1, 0.15) is 12.8 Å². The molecule has 0 aromatic rings. The van der Waals surface area contributed by atoms with Crippen LogP contribution < -0.4 is 0 Å². The monoisotopic (exact) mass is 154 g/mol. The first kappa shape index (κ1) is 7.10. The Labute approximate surface area is 67.0 Å². The average Bonchev–Trinajstić information content (AvgIpc) is 1.93. The molecule has 2 rings (SSSR count). The summed E-state index contributed by atoms with van der Waals surface area (Å²) in [5, 5.41) is 0. The van der Waals surface area contributed by atoms with Gasteiger partial charge >= 0.3 is 0 Å². The number of hydrogen-bond donors (Lipinski definition) is 0. The molecule has 0 aromatic carbocycles. The van der Waals surface area contributed by atoms with E-state index in [1.165, 1.54) is 12.8 Å². The van der Waals surface area contributed by atoms with Crippen molar-refractivity contribution in [2.75, 3.05) is 20.1 Å². The van der Waals surface area contributed by atoms with Crippen LogP contribution in [-0.2, 0) is 4.79 Å². The van der Waals surface area contributed by atoms with Crippen LogP contribution in [-0.4, -0.2) is 48.4 Å². The molecule has 1 saturated carbocycles. The Morgan fingerprint density at radius 1 is 1.27 bits per heavy atom. The van der Waals surface area contributed by atoms with Crippen molar-refractivity contribution >= 4 is 6.41 Å². The fraction of sp³-hybridized carbons (Fsp3) is 0.875. The first-order chi connectivity index (χ1) is 5.33. The molecule has 0 radical (unpaired) electrons. The van der Waals surface area contributed by atoms with E-state index in [0.717, 1.165) is 19.5 Å². The minimum Gasteiger partial charge on any atom is -0.339 e. The molecule has 11 heavy (non-hydrogen) atoms. The van der Waals surface area contributed by atoms with Gasteiger partial charge in [-0.25, -0.2) is 0 Å². The number of nitrogens with zero attached hydrogens (tertiary/aromatic N) is 2. The third-order valence-electron chi connectivity index (χ3n) is 3.04. The fourth-order valence-electron chi connectivity index (χ4n) is 2.10. The van der Waals surface area contributed by atoms with Gasteiger partial charge in [0.05, 0.1) is 0 Å². The van der Waals surface area contributed by atoms with Crippen molar-refractivity contribution in [3.63, 3.8) is 0 Å². The highest BCUT2D eigenvalue weighted by molar-refractivity contribution is 5.48. The largest absolute Gasteiger partial charge is 0.339 e.